The van der Waals surface area contributed by atoms with Crippen molar-refractivity contribution in [3.05, 3.63) is 64.7 Å². The van der Waals surface area contributed by atoms with E-state index in [1.807, 2.05) is 44.2 Å². The van der Waals surface area contributed by atoms with Crippen molar-refractivity contribution in [1.82, 2.24) is 4.90 Å². The van der Waals surface area contributed by atoms with Gasteiger partial charge in [-0.3, -0.25) is 4.79 Å². The quantitative estimate of drug-likeness (QED) is 0.809. The fourth-order valence-corrected chi connectivity index (χ4v) is 3.66. The van der Waals surface area contributed by atoms with Crippen LogP contribution >= 0.6 is 11.6 Å². The van der Waals surface area contributed by atoms with E-state index >= 15 is 0 Å². The molecule has 0 aliphatic carbocycles. The molecule has 2 aromatic rings. The van der Waals surface area contributed by atoms with E-state index in [2.05, 4.69) is 0 Å². The van der Waals surface area contributed by atoms with Crippen LogP contribution in [0.4, 0.5) is 0 Å². The van der Waals surface area contributed by atoms with Crippen molar-refractivity contribution in [2.45, 2.75) is 31.3 Å². The lowest BCUT2D eigenvalue weighted by Crippen LogP contribution is -2.36. The summed E-state index contributed by atoms with van der Waals surface area (Å²) >= 11 is 5.95. The lowest BCUT2D eigenvalue weighted by Gasteiger charge is -2.27. The normalized spacial score (nSPS) is 11.5. The highest BCUT2D eigenvalue weighted by Gasteiger charge is 2.22. The number of sulfone groups is 1. The van der Waals surface area contributed by atoms with Crippen LogP contribution in [0.5, 0.6) is 0 Å². The fraction of sp³-hybridized carbons (Fsp3) is 0.278. The summed E-state index contributed by atoms with van der Waals surface area (Å²) in [6.07, 6.45) is 1.08. The minimum absolute atomic E-state index is 0.0292. The Labute approximate surface area is 148 Å². The van der Waals surface area contributed by atoms with E-state index < -0.39 is 9.84 Å². The second-order valence-electron chi connectivity index (χ2n) is 5.93. The van der Waals surface area contributed by atoms with Crippen LogP contribution in [0.25, 0.3) is 0 Å². The number of amides is 1. The van der Waals surface area contributed by atoms with Crippen molar-refractivity contribution in [3.63, 3.8) is 0 Å². The second-order valence-corrected chi connectivity index (χ2v) is 8.32. The number of benzene rings is 2. The topological polar surface area (TPSA) is 54.5 Å². The van der Waals surface area contributed by atoms with Gasteiger partial charge in [-0.05, 0) is 37.6 Å². The van der Waals surface area contributed by atoms with Crippen molar-refractivity contribution in [1.29, 1.82) is 0 Å². The van der Waals surface area contributed by atoms with E-state index in [4.69, 9.17) is 11.6 Å². The predicted octanol–water partition coefficient (Wildman–Crippen LogP) is 3.79. The zero-order valence-electron chi connectivity index (χ0n) is 13.9. The van der Waals surface area contributed by atoms with E-state index in [9.17, 15) is 13.2 Å². The van der Waals surface area contributed by atoms with Crippen molar-refractivity contribution >= 4 is 27.3 Å². The lowest BCUT2D eigenvalue weighted by molar-refractivity contribution is 0.0690. The highest BCUT2D eigenvalue weighted by Crippen LogP contribution is 2.24. The Balaban J connectivity index is 2.37. The molecule has 0 radical (unpaired) electrons. The molecule has 0 spiro atoms. The van der Waals surface area contributed by atoms with Crippen molar-refractivity contribution < 1.29 is 13.2 Å². The predicted molar refractivity (Wildman–Crippen MR) is 96.0 cm³/mol. The maximum absolute atomic E-state index is 12.9. The van der Waals surface area contributed by atoms with Gasteiger partial charge in [-0.15, -0.1) is 0 Å². The van der Waals surface area contributed by atoms with Crippen LogP contribution in [0.15, 0.2) is 53.4 Å². The molecule has 2 aromatic carbocycles. The summed E-state index contributed by atoms with van der Waals surface area (Å²) in [5.74, 6) is -0.226. The summed E-state index contributed by atoms with van der Waals surface area (Å²) < 4.78 is 23.6. The summed E-state index contributed by atoms with van der Waals surface area (Å²) in [7, 11) is -3.50. The average molecular weight is 366 g/mol. The largest absolute Gasteiger partial charge is 0.332 e. The van der Waals surface area contributed by atoms with E-state index in [1.54, 1.807) is 11.0 Å². The number of carbonyl (C=O) groups is 1. The molecule has 0 aromatic heterocycles. The molecule has 6 heteroatoms. The highest BCUT2D eigenvalue weighted by molar-refractivity contribution is 7.90. The van der Waals surface area contributed by atoms with Crippen LogP contribution < -0.4 is 0 Å². The Morgan fingerprint density at radius 2 is 1.75 bits per heavy atom. The molecule has 0 aliphatic heterocycles. The fourth-order valence-electron chi connectivity index (χ4n) is 2.36. The standard InChI is InChI=1S/C18H20ClNO3S/c1-13(2)20(12-14-7-5-4-6-8-14)18(21)15-9-10-16(19)17(11-15)24(3,22)23/h4-11,13H,12H2,1-3H3. The SMILES string of the molecule is CC(C)N(Cc1ccccc1)C(=O)c1ccc(Cl)c(S(C)(=O)=O)c1. The van der Waals surface area contributed by atoms with E-state index in [1.165, 1.54) is 12.1 Å². The third-order valence-electron chi connectivity index (χ3n) is 3.66. The minimum Gasteiger partial charge on any atom is -0.332 e. The molecule has 0 fully saturated rings. The maximum Gasteiger partial charge on any atom is 0.254 e. The summed E-state index contributed by atoms with van der Waals surface area (Å²) in [5.41, 5.74) is 1.32. The van der Waals surface area contributed by atoms with Gasteiger partial charge in [-0.25, -0.2) is 8.42 Å². The zero-order valence-corrected chi connectivity index (χ0v) is 15.4. The van der Waals surface area contributed by atoms with Gasteiger partial charge in [0.05, 0.1) is 9.92 Å². The Bertz CT molecular complexity index is 833. The van der Waals surface area contributed by atoms with Gasteiger partial charge in [0.25, 0.3) is 5.91 Å². The maximum atomic E-state index is 12.9. The second kappa shape index (κ2) is 7.36. The summed E-state index contributed by atoms with van der Waals surface area (Å²) in [5, 5.41) is 0.119. The highest BCUT2D eigenvalue weighted by atomic mass is 35.5. The van der Waals surface area contributed by atoms with E-state index in [-0.39, 0.29) is 21.9 Å². The first-order valence-corrected chi connectivity index (χ1v) is 9.81. The smallest absolute Gasteiger partial charge is 0.254 e. The van der Waals surface area contributed by atoms with Crippen LogP contribution in [-0.4, -0.2) is 31.5 Å². The van der Waals surface area contributed by atoms with Crippen molar-refractivity contribution in [3.8, 4) is 0 Å². The molecule has 4 nitrogen and oxygen atoms in total. The molecular weight excluding hydrogens is 346 g/mol. The first kappa shape index (κ1) is 18.5. The number of nitrogens with zero attached hydrogens (tertiary/aromatic N) is 1. The van der Waals surface area contributed by atoms with Crippen LogP contribution in [0.3, 0.4) is 0 Å². The molecule has 1 amide bonds. The van der Waals surface area contributed by atoms with Gasteiger partial charge in [0.2, 0.25) is 0 Å². The number of carbonyl (C=O) groups excluding carboxylic acids is 1. The molecular formula is C18H20ClNO3S. The van der Waals surface area contributed by atoms with E-state index in [0.29, 0.717) is 12.1 Å². The third-order valence-corrected chi connectivity index (χ3v) is 5.24. The van der Waals surface area contributed by atoms with Gasteiger partial charge in [-0.2, -0.15) is 0 Å². The first-order chi connectivity index (χ1) is 11.2. The Morgan fingerprint density at radius 3 is 2.29 bits per heavy atom. The van der Waals surface area contributed by atoms with Crippen molar-refractivity contribution in [2.24, 2.45) is 0 Å². The Morgan fingerprint density at radius 1 is 1.12 bits per heavy atom. The zero-order chi connectivity index (χ0) is 17.9. The van der Waals surface area contributed by atoms with Gasteiger partial charge in [0.15, 0.2) is 9.84 Å². The van der Waals surface area contributed by atoms with Gasteiger partial charge in [0, 0.05) is 24.4 Å². The molecule has 24 heavy (non-hydrogen) atoms. The number of halogens is 1. The molecule has 0 aliphatic rings. The number of rotatable bonds is 5. The lowest BCUT2D eigenvalue weighted by atomic mass is 10.1. The number of hydrogen-bond acceptors (Lipinski definition) is 3. The van der Waals surface area contributed by atoms with Gasteiger partial charge < -0.3 is 4.90 Å². The van der Waals surface area contributed by atoms with Gasteiger partial charge in [-0.1, -0.05) is 41.9 Å². The average Bonchev–Trinajstić information content (AvgIpc) is 2.52. The molecule has 0 atom stereocenters. The van der Waals surface area contributed by atoms with Crippen molar-refractivity contribution in [2.75, 3.05) is 6.26 Å². The number of hydrogen-bond donors (Lipinski definition) is 0. The first-order valence-electron chi connectivity index (χ1n) is 7.54. The summed E-state index contributed by atoms with van der Waals surface area (Å²) in [6.45, 7) is 4.30. The summed E-state index contributed by atoms with van der Waals surface area (Å²) in [4.78, 5) is 14.5. The van der Waals surface area contributed by atoms with Crippen LogP contribution in [-0.2, 0) is 16.4 Å². The van der Waals surface area contributed by atoms with Crippen LogP contribution in [0.2, 0.25) is 5.02 Å². The molecule has 2 rings (SSSR count). The monoisotopic (exact) mass is 365 g/mol. The van der Waals surface area contributed by atoms with Gasteiger partial charge in [0.1, 0.15) is 0 Å². The molecule has 0 N–H and O–H groups in total. The molecule has 128 valence electrons. The van der Waals surface area contributed by atoms with Crippen LogP contribution in [0, 0.1) is 0 Å². The molecule has 0 saturated heterocycles. The molecule has 0 unspecified atom stereocenters. The Hall–Kier alpha value is -1.85. The summed E-state index contributed by atoms with van der Waals surface area (Å²) in [6, 6.07) is 14.0. The third kappa shape index (κ3) is 4.36. The van der Waals surface area contributed by atoms with E-state index in [0.717, 1.165) is 11.8 Å². The molecule has 0 bridgehead atoms. The molecule has 0 saturated carbocycles. The van der Waals surface area contributed by atoms with Gasteiger partial charge >= 0.3 is 0 Å². The van der Waals surface area contributed by atoms with Crippen LogP contribution in [0.1, 0.15) is 29.8 Å². The Kier molecular flexibility index (Phi) is 5.67. The molecule has 0 heterocycles. The minimum atomic E-state index is -3.50.